The lowest BCUT2D eigenvalue weighted by molar-refractivity contribution is 0.669. The molecule has 0 aliphatic heterocycles. The molecule has 2 heterocycles. The number of aromatic nitrogens is 3. The van der Waals surface area contributed by atoms with E-state index >= 15 is 0 Å². The molecule has 0 radical (unpaired) electrons. The van der Waals surface area contributed by atoms with E-state index in [0.717, 1.165) is 55.0 Å². The van der Waals surface area contributed by atoms with Gasteiger partial charge in [-0.25, -0.2) is 15.0 Å². The monoisotopic (exact) mass is 625 g/mol. The van der Waals surface area contributed by atoms with Crippen LogP contribution in [0.5, 0.6) is 0 Å². The first-order valence-corrected chi connectivity index (χ1v) is 15.8. The second-order valence-corrected chi connectivity index (χ2v) is 11.9. The number of furan rings is 1. The van der Waals surface area contributed by atoms with E-state index in [1.807, 2.05) is 54.6 Å². The third kappa shape index (κ3) is 4.76. The average Bonchev–Trinajstić information content (AvgIpc) is 3.56. The second-order valence-electron chi connectivity index (χ2n) is 11.9. The Bertz CT molecular complexity index is 2830. The van der Waals surface area contributed by atoms with E-state index in [2.05, 4.69) is 78.9 Å². The van der Waals surface area contributed by atoms with Gasteiger partial charge in [0.15, 0.2) is 17.5 Å². The Hall–Kier alpha value is -7.15. The van der Waals surface area contributed by atoms with Gasteiger partial charge in [-0.2, -0.15) is 10.5 Å². The van der Waals surface area contributed by atoms with Crippen molar-refractivity contribution < 1.29 is 4.42 Å². The number of fused-ring (bicyclic) bond motifs is 6. The minimum Gasteiger partial charge on any atom is -0.456 e. The fraction of sp³-hybridized carbons (Fsp3) is 0. The molecule has 0 unspecified atom stereocenters. The summed E-state index contributed by atoms with van der Waals surface area (Å²) >= 11 is 0. The third-order valence-corrected chi connectivity index (χ3v) is 8.95. The Morgan fingerprint density at radius 3 is 1.82 bits per heavy atom. The van der Waals surface area contributed by atoms with Crippen molar-refractivity contribution in [3.8, 4) is 57.4 Å². The molecule has 0 atom stereocenters. The van der Waals surface area contributed by atoms with E-state index < -0.39 is 0 Å². The Kier molecular flexibility index (Phi) is 6.47. The molecular weight excluding hydrogens is 603 g/mol. The van der Waals surface area contributed by atoms with E-state index in [1.54, 1.807) is 18.2 Å². The summed E-state index contributed by atoms with van der Waals surface area (Å²) in [4.78, 5) is 14.7. The minimum atomic E-state index is 0.363. The predicted octanol–water partition coefficient (Wildman–Crippen LogP) is 10.5. The average molecular weight is 626 g/mol. The van der Waals surface area contributed by atoms with Crippen LogP contribution in [0.15, 0.2) is 144 Å². The van der Waals surface area contributed by atoms with Gasteiger partial charge in [-0.05, 0) is 75.1 Å². The minimum absolute atomic E-state index is 0.363. The zero-order valence-corrected chi connectivity index (χ0v) is 25.9. The van der Waals surface area contributed by atoms with Crippen molar-refractivity contribution >= 4 is 43.5 Å². The fourth-order valence-corrected chi connectivity index (χ4v) is 6.69. The molecule has 9 rings (SSSR count). The van der Waals surface area contributed by atoms with E-state index in [9.17, 15) is 10.5 Å². The first kappa shape index (κ1) is 28.1. The molecule has 0 aliphatic rings. The molecule has 7 aromatic carbocycles. The van der Waals surface area contributed by atoms with Gasteiger partial charge in [0.2, 0.25) is 0 Å². The number of nitrogens with zero attached hydrogens (tertiary/aromatic N) is 5. The highest BCUT2D eigenvalue weighted by atomic mass is 16.3. The molecule has 0 amide bonds. The maximum atomic E-state index is 9.65. The summed E-state index contributed by atoms with van der Waals surface area (Å²) in [5, 5.41) is 25.9. The van der Waals surface area contributed by atoms with Crippen molar-refractivity contribution in [3.63, 3.8) is 0 Å². The highest BCUT2D eigenvalue weighted by Crippen LogP contribution is 2.40. The van der Waals surface area contributed by atoms with Crippen LogP contribution in [-0.4, -0.2) is 15.0 Å². The quantitative estimate of drug-likeness (QED) is 0.193. The van der Waals surface area contributed by atoms with Gasteiger partial charge in [-0.15, -0.1) is 0 Å². The van der Waals surface area contributed by atoms with Crippen molar-refractivity contribution in [1.82, 2.24) is 15.0 Å². The molecule has 0 bridgehead atoms. The van der Waals surface area contributed by atoms with Crippen LogP contribution in [0.25, 0.3) is 88.8 Å². The summed E-state index contributed by atoms with van der Waals surface area (Å²) in [6.07, 6.45) is 0. The molecular formula is C43H23N5O. The molecule has 226 valence electrons. The lowest BCUT2D eigenvalue weighted by Crippen LogP contribution is -2.01. The van der Waals surface area contributed by atoms with Crippen LogP contribution >= 0.6 is 0 Å². The van der Waals surface area contributed by atoms with E-state index in [1.165, 1.54) is 10.8 Å². The van der Waals surface area contributed by atoms with E-state index in [-0.39, 0.29) is 0 Å². The molecule has 2 aromatic heterocycles. The van der Waals surface area contributed by atoms with Crippen LogP contribution in [0.2, 0.25) is 0 Å². The molecule has 9 aromatic rings. The summed E-state index contributed by atoms with van der Waals surface area (Å²) in [5.74, 6) is 1.37. The number of hydrogen-bond donors (Lipinski definition) is 0. The predicted molar refractivity (Wildman–Crippen MR) is 193 cm³/mol. The van der Waals surface area contributed by atoms with E-state index in [4.69, 9.17) is 19.4 Å². The van der Waals surface area contributed by atoms with Gasteiger partial charge in [-0.3, -0.25) is 0 Å². The van der Waals surface area contributed by atoms with E-state index in [0.29, 0.717) is 34.2 Å². The molecule has 0 saturated heterocycles. The SMILES string of the molecule is N#Cc1cc(C#N)cc(-c2nc(-c3ccccc3)nc(-c3ccc(-c4ccc5c(c4)oc4ccc6ccccc6c45)c4ccccc34)n2)c1. The molecule has 0 fully saturated rings. The highest BCUT2D eigenvalue weighted by molar-refractivity contribution is 6.19. The Balaban J connectivity index is 1.23. The summed E-state index contributed by atoms with van der Waals surface area (Å²) in [5.41, 5.74) is 6.77. The van der Waals surface area contributed by atoms with Crippen LogP contribution in [0.4, 0.5) is 0 Å². The lowest BCUT2D eigenvalue weighted by atomic mass is 9.94. The topological polar surface area (TPSA) is 99.4 Å². The summed E-state index contributed by atoms with van der Waals surface area (Å²) in [6, 6.07) is 50.3. The zero-order valence-electron chi connectivity index (χ0n) is 25.9. The first-order chi connectivity index (χ1) is 24.2. The van der Waals surface area contributed by atoms with Gasteiger partial charge in [0, 0.05) is 27.5 Å². The van der Waals surface area contributed by atoms with Crippen LogP contribution in [0.1, 0.15) is 11.1 Å². The summed E-state index contributed by atoms with van der Waals surface area (Å²) < 4.78 is 6.40. The van der Waals surface area contributed by atoms with Crippen molar-refractivity contribution in [2.75, 3.05) is 0 Å². The summed E-state index contributed by atoms with van der Waals surface area (Å²) in [7, 11) is 0. The van der Waals surface area contributed by atoms with Crippen LogP contribution in [0.3, 0.4) is 0 Å². The molecule has 0 aliphatic carbocycles. The number of hydrogen-bond acceptors (Lipinski definition) is 6. The summed E-state index contributed by atoms with van der Waals surface area (Å²) in [6.45, 7) is 0. The maximum Gasteiger partial charge on any atom is 0.164 e. The third-order valence-electron chi connectivity index (χ3n) is 8.95. The van der Waals surface area contributed by atoms with Crippen molar-refractivity contribution in [3.05, 3.63) is 151 Å². The molecule has 0 spiro atoms. The highest BCUT2D eigenvalue weighted by Gasteiger charge is 2.18. The number of rotatable bonds is 4. The number of nitriles is 2. The Morgan fingerprint density at radius 1 is 0.429 bits per heavy atom. The normalized spacial score (nSPS) is 11.2. The molecule has 6 nitrogen and oxygen atoms in total. The molecule has 49 heavy (non-hydrogen) atoms. The Labute approximate surface area is 280 Å². The maximum absolute atomic E-state index is 9.65. The van der Waals surface area contributed by atoms with Gasteiger partial charge < -0.3 is 4.42 Å². The fourth-order valence-electron chi connectivity index (χ4n) is 6.69. The van der Waals surface area contributed by atoms with Gasteiger partial charge >= 0.3 is 0 Å². The zero-order chi connectivity index (χ0) is 32.9. The van der Waals surface area contributed by atoms with Crippen LogP contribution in [-0.2, 0) is 0 Å². The smallest absolute Gasteiger partial charge is 0.164 e. The largest absolute Gasteiger partial charge is 0.456 e. The van der Waals surface area contributed by atoms with Crippen molar-refractivity contribution in [2.24, 2.45) is 0 Å². The number of benzene rings is 7. The standard InChI is InChI=1S/C43H23N5O/c44-24-26-20-27(25-45)22-31(21-26)42-46-41(29-9-2-1-3-10-29)47-43(48-42)36-18-17-32(34-12-6-7-13-35(34)36)30-14-16-37-39(23-30)49-38-19-15-28-8-4-5-11-33(28)40(37)38/h1-23H. The van der Waals surface area contributed by atoms with Gasteiger partial charge in [-0.1, -0.05) is 97.1 Å². The van der Waals surface area contributed by atoms with Crippen LogP contribution in [0, 0.1) is 22.7 Å². The van der Waals surface area contributed by atoms with Crippen LogP contribution < -0.4 is 0 Å². The molecule has 6 heteroatoms. The second kappa shape index (κ2) is 11.3. The van der Waals surface area contributed by atoms with Gasteiger partial charge in [0.05, 0.1) is 23.3 Å². The van der Waals surface area contributed by atoms with Gasteiger partial charge in [0.25, 0.3) is 0 Å². The van der Waals surface area contributed by atoms with Crippen molar-refractivity contribution in [1.29, 1.82) is 10.5 Å². The van der Waals surface area contributed by atoms with Crippen molar-refractivity contribution in [2.45, 2.75) is 0 Å². The van der Waals surface area contributed by atoms with Gasteiger partial charge in [0.1, 0.15) is 11.2 Å². The first-order valence-electron chi connectivity index (χ1n) is 15.8. The Morgan fingerprint density at radius 2 is 1.06 bits per heavy atom. The molecule has 0 N–H and O–H groups in total. The lowest BCUT2D eigenvalue weighted by Gasteiger charge is -2.13. The molecule has 0 saturated carbocycles.